The predicted molar refractivity (Wildman–Crippen MR) is 35.0 cm³/mol. The van der Waals surface area contributed by atoms with Crippen LogP contribution in [0.3, 0.4) is 0 Å². The van der Waals surface area contributed by atoms with Gasteiger partial charge in [0.2, 0.25) is 0 Å². The molecule has 1 fully saturated rings. The molecule has 0 aliphatic heterocycles. The third-order valence-electron chi connectivity index (χ3n) is 2.43. The zero-order valence-electron chi connectivity index (χ0n) is 6.13. The van der Waals surface area contributed by atoms with Crippen LogP contribution in [-0.2, 0) is 0 Å². The molecule has 2 N–H and O–H groups in total. The van der Waals surface area contributed by atoms with Crippen molar-refractivity contribution in [1.82, 2.24) is 0 Å². The first kappa shape index (κ1) is 8.74. The number of aliphatic hydroxyl groups is 1. The Labute approximate surface area is 72.4 Å². The van der Waals surface area contributed by atoms with Crippen molar-refractivity contribution in [2.75, 3.05) is 6.61 Å². The summed E-state index contributed by atoms with van der Waals surface area (Å²) < 4.78 is 9.46. The zero-order chi connectivity index (χ0) is 7.56. The first-order valence-electron chi connectivity index (χ1n) is 3.67. The van der Waals surface area contributed by atoms with E-state index in [1.165, 1.54) is 6.42 Å². The van der Waals surface area contributed by atoms with Gasteiger partial charge in [0.1, 0.15) is 0 Å². The predicted octanol–water partition coefficient (Wildman–Crippen LogP) is -2.61. The van der Waals surface area contributed by atoms with Crippen molar-refractivity contribution in [1.29, 1.82) is 0 Å². The van der Waals surface area contributed by atoms with Gasteiger partial charge in [0.25, 0.3) is 0 Å². The maximum absolute atomic E-state index is 8.98. The second kappa shape index (κ2) is 3.88. The van der Waals surface area contributed by atoms with E-state index >= 15 is 0 Å². The van der Waals surface area contributed by atoms with Crippen LogP contribution in [0.2, 0.25) is 0 Å². The number of hydrogen-bond donors (Lipinski definition) is 2. The van der Waals surface area contributed by atoms with Crippen molar-refractivity contribution in [2.24, 2.45) is 11.8 Å². The van der Waals surface area contributed by atoms with Gasteiger partial charge in [0.05, 0.1) is 0 Å². The summed E-state index contributed by atoms with van der Waals surface area (Å²) in [5.74, 6) is 1.03. The fourth-order valence-electron chi connectivity index (χ4n) is 1.62. The Morgan fingerprint density at radius 3 is 2.60 bits per heavy atom. The molecule has 1 rings (SSSR count). The van der Waals surface area contributed by atoms with Crippen LogP contribution in [0.15, 0.2) is 0 Å². The third kappa shape index (κ3) is 1.62. The zero-order valence-corrected chi connectivity index (χ0v) is 8.28. The Morgan fingerprint density at radius 2 is 2.20 bits per heavy atom. The second-order valence-electron chi connectivity index (χ2n) is 3.01. The first-order chi connectivity index (χ1) is 4.79. The minimum absolute atomic E-state index is 0.270. The Morgan fingerprint density at radius 1 is 1.50 bits per heavy atom. The summed E-state index contributed by atoms with van der Waals surface area (Å²) in [7, 11) is 0. The fourth-order valence-corrected chi connectivity index (χ4v) is 3.61. The molecular formula is C7H14IO2-. The van der Waals surface area contributed by atoms with Gasteiger partial charge >= 0.3 is 72.3 Å². The van der Waals surface area contributed by atoms with Crippen LogP contribution in [0.25, 0.3) is 0 Å². The minimum atomic E-state index is -0.630. The van der Waals surface area contributed by atoms with E-state index in [-0.39, 0.29) is 6.61 Å². The molecule has 0 amide bonds. The van der Waals surface area contributed by atoms with E-state index in [4.69, 9.17) is 8.54 Å². The fraction of sp³-hybridized carbons (Fsp3) is 1.00. The van der Waals surface area contributed by atoms with Crippen LogP contribution < -0.4 is 21.6 Å². The number of alkyl halides is 1. The standard InChI is InChI=1S/C7H14IO2/c1-5-2-3-7(8-10)6(5)4-9/h5-7,9-10H,2-4H2,1H3/q-1. The van der Waals surface area contributed by atoms with Crippen LogP contribution in [0.1, 0.15) is 19.8 Å². The molecule has 1 aliphatic rings. The van der Waals surface area contributed by atoms with Gasteiger partial charge in [-0.15, -0.1) is 0 Å². The summed E-state index contributed by atoms with van der Waals surface area (Å²) in [6.07, 6.45) is 2.33. The number of hydrogen-bond acceptors (Lipinski definition) is 2. The summed E-state index contributed by atoms with van der Waals surface area (Å²) in [4.78, 5) is 0. The van der Waals surface area contributed by atoms with Gasteiger partial charge in [-0.2, -0.15) is 0 Å². The molecule has 0 spiro atoms. The van der Waals surface area contributed by atoms with Crippen LogP contribution >= 0.6 is 0 Å². The molecule has 3 atom stereocenters. The molecule has 0 aromatic heterocycles. The van der Waals surface area contributed by atoms with Crippen LogP contribution in [0.5, 0.6) is 0 Å². The van der Waals surface area contributed by atoms with E-state index in [9.17, 15) is 0 Å². The molecule has 3 heteroatoms. The monoisotopic (exact) mass is 257 g/mol. The van der Waals surface area contributed by atoms with E-state index in [1.54, 1.807) is 0 Å². The van der Waals surface area contributed by atoms with Crippen molar-refractivity contribution in [2.45, 2.75) is 23.7 Å². The summed E-state index contributed by atoms with van der Waals surface area (Å²) in [5.41, 5.74) is 0. The topological polar surface area (TPSA) is 40.5 Å². The van der Waals surface area contributed by atoms with Crippen molar-refractivity contribution in [3.8, 4) is 0 Å². The van der Waals surface area contributed by atoms with Gasteiger partial charge in [0.15, 0.2) is 0 Å². The Balaban J connectivity index is 2.45. The van der Waals surface area contributed by atoms with Crippen molar-refractivity contribution >= 4 is 0 Å². The number of aliphatic hydroxyl groups excluding tert-OH is 1. The van der Waals surface area contributed by atoms with E-state index in [1.807, 2.05) is 0 Å². The summed E-state index contributed by atoms with van der Waals surface area (Å²) in [6.45, 7) is 2.44. The molecule has 0 heterocycles. The molecule has 0 aromatic carbocycles. The normalized spacial score (nSPS) is 40.9. The van der Waals surface area contributed by atoms with Crippen LogP contribution in [-0.4, -0.2) is 19.1 Å². The van der Waals surface area contributed by atoms with Crippen molar-refractivity contribution in [3.05, 3.63) is 0 Å². The second-order valence-corrected chi connectivity index (χ2v) is 5.17. The van der Waals surface area contributed by atoms with Gasteiger partial charge < -0.3 is 0 Å². The molecule has 1 saturated carbocycles. The van der Waals surface area contributed by atoms with Crippen molar-refractivity contribution < 1.29 is 30.2 Å². The molecule has 2 nitrogen and oxygen atoms in total. The summed E-state index contributed by atoms with van der Waals surface area (Å²) in [6, 6.07) is 0. The SMILES string of the molecule is CC1CCC([I-]O)C1CO. The van der Waals surface area contributed by atoms with Crippen LogP contribution in [0.4, 0.5) is 0 Å². The molecule has 0 aromatic rings. The van der Waals surface area contributed by atoms with Gasteiger partial charge in [0, 0.05) is 0 Å². The molecule has 0 bridgehead atoms. The van der Waals surface area contributed by atoms with Gasteiger partial charge in [-0.3, -0.25) is 0 Å². The van der Waals surface area contributed by atoms with Crippen molar-refractivity contribution in [3.63, 3.8) is 0 Å². The van der Waals surface area contributed by atoms with Gasteiger partial charge in [-0.05, 0) is 0 Å². The Kier molecular flexibility index (Phi) is 3.39. The Hall–Kier alpha value is 0.650. The number of rotatable bonds is 2. The van der Waals surface area contributed by atoms with E-state index < -0.39 is 21.6 Å². The number of halogens is 1. The van der Waals surface area contributed by atoms with E-state index in [2.05, 4.69) is 6.92 Å². The molecule has 0 saturated heterocycles. The molecule has 0 radical (unpaired) electrons. The summed E-state index contributed by atoms with van der Waals surface area (Å²) in [5, 5.41) is 8.94. The first-order valence-corrected chi connectivity index (χ1v) is 5.88. The van der Waals surface area contributed by atoms with E-state index in [0.29, 0.717) is 15.8 Å². The molecule has 62 valence electrons. The Bertz CT molecular complexity index is 108. The average molecular weight is 257 g/mol. The molecule has 1 aliphatic carbocycles. The van der Waals surface area contributed by atoms with Crippen LogP contribution in [0, 0.1) is 11.8 Å². The molecule has 3 unspecified atom stereocenters. The summed E-state index contributed by atoms with van der Waals surface area (Å²) >= 11 is -0.630. The molecular weight excluding hydrogens is 243 g/mol. The quantitative estimate of drug-likeness (QED) is 0.420. The van der Waals surface area contributed by atoms with E-state index in [0.717, 1.165) is 6.42 Å². The van der Waals surface area contributed by atoms with Gasteiger partial charge in [-0.1, -0.05) is 0 Å². The average Bonchev–Trinajstić information content (AvgIpc) is 2.30. The van der Waals surface area contributed by atoms with Gasteiger partial charge in [-0.25, -0.2) is 0 Å². The third-order valence-corrected chi connectivity index (χ3v) is 4.69. The molecule has 10 heavy (non-hydrogen) atoms. The maximum atomic E-state index is 8.98.